The Kier molecular flexibility index (Phi) is 5.42. The van der Waals surface area contributed by atoms with Gasteiger partial charge in [0.1, 0.15) is 28.5 Å². The van der Waals surface area contributed by atoms with Gasteiger partial charge in [0.15, 0.2) is 0 Å². The van der Waals surface area contributed by atoms with Crippen LogP contribution >= 0.6 is 22.9 Å². The molecule has 0 saturated carbocycles. The third-order valence-corrected chi connectivity index (χ3v) is 6.94. The Morgan fingerprint density at radius 2 is 1.77 bits per heavy atom. The topological polar surface area (TPSA) is 56.3 Å². The van der Waals surface area contributed by atoms with Crippen LogP contribution in [0.15, 0.2) is 42.0 Å². The summed E-state index contributed by atoms with van der Waals surface area (Å²) in [7, 11) is 3.20. The zero-order valence-corrected chi connectivity index (χ0v) is 18.9. The Hall–Kier alpha value is -2.83. The van der Waals surface area contributed by atoms with E-state index in [0.29, 0.717) is 16.5 Å². The Morgan fingerprint density at radius 1 is 0.968 bits per heavy atom. The van der Waals surface area contributed by atoms with Crippen LogP contribution in [0.4, 0.5) is 11.5 Å². The Balaban J connectivity index is 1.61. The number of nitrogens with one attached hydrogen (secondary N) is 1. The molecule has 5 rings (SSSR count). The van der Waals surface area contributed by atoms with Crippen LogP contribution in [0.25, 0.3) is 21.3 Å². The first-order chi connectivity index (χ1) is 15.2. The zero-order valence-electron chi connectivity index (χ0n) is 17.4. The molecule has 0 atom stereocenters. The van der Waals surface area contributed by atoms with Crippen LogP contribution in [0.5, 0.6) is 11.5 Å². The van der Waals surface area contributed by atoms with Crippen LogP contribution in [0.2, 0.25) is 5.02 Å². The van der Waals surface area contributed by atoms with Crippen LogP contribution in [-0.2, 0) is 12.8 Å². The van der Waals surface area contributed by atoms with E-state index in [1.54, 1.807) is 38.0 Å². The van der Waals surface area contributed by atoms with Crippen molar-refractivity contribution in [3.63, 3.8) is 0 Å². The predicted molar refractivity (Wildman–Crippen MR) is 127 cm³/mol. The van der Waals surface area contributed by atoms with Gasteiger partial charge in [-0.15, -0.1) is 11.3 Å². The number of hydrogen-bond acceptors (Lipinski definition) is 6. The molecular formula is C24H22ClN3O2S. The van der Waals surface area contributed by atoms with Crippen LogP contribution in [0.1, 0.15) is 24.0 Å². The third-order valence-electron chi connectivity index (χ3n) is 5.76. The van der Waals surface area contributed by atoms with E-state index in [2.05, 4.69) is 38.9 Å². The molecule has 0 aliphatic heterocycles. The number of thiophene rings is 1. The minimum absolute atomic E-state index is 0.489. The van der Waals surface area contributed by atoms with Gasteiger partial charge in [-0.3, -0.25) is 0 Å². The molecule has 1 aliphatic rings. The molecule has 4 aromatic rings. The van der Waals surface area contributed by atoms with Gasteiger partial charge in [-0.2, -0.15) is 0 Å². The molecule has 2 aromatic heterocycles. The lowest BCUT2D eigenvalue weighted by molar-refractivity contribution is 0.405. The third kappa shape index (κ3) is 3.70. The molecule has 1 aliphatic carbocycles. The van der Waals surface area contributed by atoms with E-state index in [1.165, 1.54) is 36.0 Å². The van der Waals surface area contributed by atoms with Gasteiger partial charge in [-0.25, -0.2) is 9.97 Å². The summed E-state index contributed by atoms with van der Waals surface area (Å²) in [5.74, 6) is 1.90. The number of nitrogens with zero attached hydrogens (tertiary/aromatic N) is 2. The molecule has 5 nitrogen and oxygen atoms in total. The normalized spacial score (nSPS) is 13.1. The smallest absolute Gasteiger partial charge is 0.144 e. The van der Waals surface area contributed by atoms with E-state index in [9.17, 15) is 0 Å². The number of aromatic nitrogens is 2. The number of methoxy groups -OCH3 is 2. The van der Waals surface area contributed by atoms with E-state index in [0.717, 1.165) is 33.7 Å². The van der Waals surface area contributed by atoms with E-state index in [4.69, 9.17) is 21.1 Å². The van der Waals surface area contributed by atoms with Crippen LogP contribution in [0, 0.1) is 0 Å². The minimum Gasteiger partial charge on any atom is -0.495 e. The summed E-state index contributed by atoms with van der Waals surface area (Å²) in [4.78, 5) is 9.99. The first-order valence-electron chi connectivity index (χ1n) is 10.2. The first-order valence-corrected chi connectivity index (χ1v) is 11.5. The first kappa shape index (κ1) is 20.1. The van der Waals surface area contributed by atoms with Crippen molar-refractivity contribution >= 4 is 44.7 Å². The Labute approximate surface area is 190 Å². The number of anilines is 2. The molecule has 158 valence electrons. The molecule has 0 unspecified atom stereocenters. The average Bonchev–Trinajstić information content (AvgIpc) is 3.25. The highest BCUT2D eigenvalue weighted by molar-refractivity contribution is 7.17. The lowest BCUT2D eigenvalue weighted by Crippen LogP contribution is -2.02. The summed E-state index contributed by atoms with van der Waals surface area (Å²) in [5, 5.41) is 7.07. The molecule has 2 aromatic carbocycles. The average molecular weight is 452 g/mol. The zero-order chi connectivity index (χ0) is 21.4. The predicted octanol–water partition coefficient (Wildman–Crippen LogP) is 6.65. The van der Waals surface area contributed by atoms with Gasteiger partial charge in [-0.1, -0.05) is 29.8 Å². The second kappa shape index (κ2) is 8.36. The lowest BCUT2D eigenvalue weighted by atomic mass is 9.89. The lowest BCUT2D eigenvalue weighted by Gasteiger charge is -2.17. The van der Waals surface area contributed by atoms with Crippen molar-refractivity contribution in [2.75, 3.05) is 19.5 Å². The van der Waals surface area contributed by atoms with Gasteiger partial charge < -0.3 is 14.8 Å². The summed E-state index contributed by atoms with van der Waals surface area (Å²) in [6.07, 6.45) is 6.44. The van der Waals surface area contributed by atoms with Crippen molar-refractivity contribution in [1.29, 1.82) is 0 Å². The Bertz CT molecular complexity index is 1270. The fourth-order valence-electron chi connectivity index (χ4n) is 4.17. The molecule has 0 bridgehead atoms. The minimum atomic E-state index is 0.489. The van der Waals surface area contributed by atoms with Gasteiger partial charge >= 0.3 is 0 Å². The summed E-state index contributed by atoms with van der Waals surface area (Å²) < 4.78 is 10.9. The van der Waals surface area contributed by atoms with Crippen molar-refractivity contribution in [3.05, 3.63) is 58.2 Å². The molecule has 0 saturated heterocycles. The molecular weight excluding hydrogens is 430 g/mol. The van der Waals surface area contributed by atoms with Crippen LogP contribution in [0.3, 0.4) is 0 Å². The number of hydrogen-bond donors (Lipinski definition) is 1. The van der Waals surface area contributed by atoms with Gasteiger partial charge in [0, 0.05) is 23.1 Å². The number of aryl methyl sites for hydroxylation is 2. The van der Waals surface area contributed by atoms with Crippen molar-refractivity contribution in [3.8, 4) is 22.6 Å². The maximum absolute atomic E-state index is 6.27. The van der Waals surface area contributed by atoms with E-state index < -0.39 is 0 Å². The van der Waals surface area contributed by atoms with Crippen molar-refractivity contribution < 1.29 is 9.47 Å². The fraction of sp³-hybridized carbons (Fsp3) is 0.250. The molecule has 2 heterocycles. The van der Waals surface area contributed by atoms with E-state index in [1.807, 2.05) is 6.07 Å². The molecule has 0 fully saturated rings. The summed E-state index contributed by atoms with van der Waals surface area (Å²) in [5.41, 5.74) is 5.99. The summed E-state index contributed by atoms with van der Waals surface area (Å²) in [6.45, 7) is 0. The highest BCUT2D eigenvalue weighted by Crippen LogP contribution is 2.41. The highest BCUT2D eigenvalue weighted by atomic mass is 35.5. The van der Waals surface area contributed by atoms with Crippen molar-refractivity contribution in [2.45, 2.75) is 25.7 Å². The molecule has 7 heteroatoms. The van der Waals surface area contributed by atoms with Gasteiger partial charge in [-0.05, 0) is 42.4 Å². The summed E-state index contributed by atoms with van der Waals surface area (Å²) in [6, 6.07) is 10.4. The largest absolute Gasteiger partial charge is 0.495 e. The maximum Gasteiger partial charge on any atom is 0.144 e. The number of halogens is 1. The molecule has 1 N–H and O–H groups in total. The molecule has 0 spiro atoms. The van der Waals surface area contributed by atoms with Gasteiger partial charge in [0.05, 0.1) is 30.3 Å². The van der Waals surface area contributed by atoms with Crippen molar-refractivity contribution in [2.24, 2.45) is 0 Å². The highest BCUT2D eigenvalue weighted by Gasteiger charge is 2.18. The molecule has 0 amide bonds. The monoisotopic (exact) mass is 451 g/mol. The second-order valence-electron chi connectivity index (χ2n) is 7.55. The van der Waals surface area contributed by atoms with Crippen LogP contribution in [-0.4, -0.2) is 24.2 Å². The van der Waals surface area contributed by atoms with E-state index in [-0.39, 0.29) is 0 Å². The van der Waals surface area contributed by atoms with Gasteiger partial charge in [0.2, 0.25) is 0 Å². The fourth-order valence-corrected chi connectivity index (χ4v) is 5.32. The number of rotatable bonds is 5. The SMILES string of the molecule is COc1cc(Nc2ncnc3scc(-c4ccc5c(c4)CCCC5)c23)c(OC)cc1Cl. The van der Waals surface area contributed by atoms with Gasteiger partial charge in [0.25, 0.3) is 0 Å². The quantitative estimate of drug-likeness (QED) is 0.368. The number of benzene rings is 2. The van der Waals surface area contributed by atoms with E-state index >= 15 is 0 Å². The maximum atomic E-state index is 6.27. The molecule has 31 heavy (non-hydrogen) atoms. The Morgan fingerprint density at radius 3 is 2.58 bits per heavy atom. The molecule has 0 radical (unpaired) electrons. The van der Waals surface area contributed by atoms with Crippen molar-refractivity contribution in [1.82, 2.24) is 9.97 Å². The summed E-state index contributed by atoms with van der Waals surface area (Å²) >= 11 is 7.89. The standard InChI is InChI=1S/C24H22ClN3O2S/c1-29-20-11-19(21(30-2)10-18(20)25)28-23-22-17(12-31-24(22)27-13-26-23)16-8-7-14-5-3-4-6-15(14)9-16/h7-13H,3-6H2,1-2H3,(H,26,27,28). The van der Waals surface area contributed by atoms with Crippen LogP contribution < -0.4 is 14.8 Å². The second-order valence-corrected chi connectivity index (χ2v) is 8.82. The number of ether oxygens (including phenoxy) is 2. The number of fused-ring (bicyclic) bond motifs is 2.